The molecular formula is C15H15ClN2O4. The molecule has 0 bridgehead atoms. The third-order valence-corrected chi connectivity index (χ3v) is 3.19. The number of aromatic nitrogens is 2. The Balaban J connectivity index is 2.55. The fraction of sp³-hybridized carbons (Fsp3) is 0.267. The zero-order valence-corrected chi connectivity index (χ0v) is 12.9. The fourth-order valence-corrected chi connectivity index (χ4v) is 2.13. The second kappa shape index (κ2) is 7.20. The summed E-state index contributed by atoms with van der Waals surface area (Å²) >= 11 is 6.01. The molecule has 0 aliphatic rings. The Hall–Kier alpha value is -2.18. The number of nitrogens with zero attached hydrogens (tertiary/aromatic N) is 1. The largest absolute Gasteiger partial charge is 0.474 e. The number of rotatable bonds is 6. The minimum Gasteiger partial charge on any atom is -0.474 e. The molecule has 6 nitrogen and oxygen atoms in total. The number of methoxy groups -OCH3 is 1. The van der Waals surface area contributed by atoms with Crippen LogP contribution in [0.4, 0.5) is 0 Å². The summed E-state index contributed by atoms with van der Waals surface area (Å²) in [5.41, 5.74) is 0.954. The van der Waals surface area contributed by atoms with Crippen LogP contribution in [0.5, 0.6) is 5.88 Å². The van der Waals surface area contributed by atoms with Gasteiger partial charge in [0.25, 0.3) is 5.56 Å². The molecule has 0 amide bonds. The minimum atomic E-state index is -0.399. The topological polar surface area (TPSA) is 81.3 Å². The molecule has 0 aliphatic carbocycles. The van der Waals surface area contributed by atoms with E-state index in [0.29, 0.717) is 28.3 Å². The molecule has 116 valence electrons. The highest BCUT2D eigenvalue weighted by Gasteiger charge is 2.16. The van der Waals surface area contributed by atoms with Crippen LogP contribution < -0.4 is 10.3 Å². The Morgan fingerprint density at radius 3 is 2.73 bits per heavy atom. The fourth-order valence-electron chi connectivity index (χ4n) is 1.96. The molecule has 0 radical (unpaired) electrons. The molecule has 0 unspecified atom stereocenters. The molecular weight excluding hydrogens is 308 g/mol. The summed E-state index contributed by atoms with van der Waals surface area (Å²) in [6.45, 7) is 2.08. The number of ether oxygens (including phenoxy) is 2. The van der Waals surface area contributed by atoms with Crippen LogP contribution in [0.25, 0.3) is 11.1 Å². The quantitative estimate of drug-likeness (QED) is 0.652. The van der Waals surface area contributed by atoms with E-state index in [2.05, 4.69) is 10.2 Å². The Morgan fingerprint density at radius 1 is 1.27 bits per heavy atom. The number of Topliss-reactive ketones (excluding diaryl/α,β-unsaturated/α-hetero) is 1. The molecule has 1 aromatic heterocycles. The van der Waals surface area contributed by atoms with Crippen molar-refractivity contribution in [2.75, 3.05) is 20.3 Å². The number of benzene rings is 1. The van der Waals surface area contributed by atoms with Crippen molar-refractivity contribution >= 4 is 17.4 Å². The first-order chi connectivity index (χ1) is 10.5. The number of carbonyl (C=O) groups is 1. The van der Waals surface area contributed by atoms with Gasteiger partial charge in [0.15, 0.2) is 5.78 Å². The number of hydrogen-bond acceptors (Lipinski definition) is 5. The second-order valence-electron chi connectivity index (χ2n) is 4.54. The highest BCUT2D eigenvalue weighted by atomic mass is 35.5. The van der Waals surface area contributed by atoms with Gasteiger partial charge in [-0.1, -0.05) is 11.6 Å². The molecule has 1 aromatic carbocycles. The van der Waals surface area contributed by atoms with Gasteiger partial charge in [0.05, 0.1) is 12.2 Å². The summed E-state index contributed by atoms with van der Waals surface area (Å²) in [7, 11) is 1.55. The number of aromatic amines is 1. The van der Waals surface area contributed by atoms with Crippen LogP contribution in [-0.2, 0) is 4.74 Å². The zero-order chi connectivity index (χ0) is 16.1. The van der Waals surface area contributed by atoms with E-state index in [1.54, 1.807) is 25.3 Å². The van der Waals surface area contributed by atoms with Crippen molar-refractivity contribution in [2.45, 2.75) is 6.92 Å². The summed E-state index contributed by atoms with van der Waals surface area (Å²) in [6, 6.07) is 6.17. The Kier molecular flexibility index (Phi) is 5.30. The second-order valence-corrected chi connectivity index (χ2v) is 4.97. The first kappa shape index (κ1) is 16.2. The maximum atomic E-state index is 11.8. The van der Waals surface area contributed by atoms with E-state index in [4.69, 9.17) is 21.1 Å². The molecule has 1 N–H and O–H groups in total. The van der Waals surface area contributed by atoms with Crippen molar-refractivity contribution in [1.82, 2.24) is 10.2 Å². The molecule has 0 fully saturated rings. The van der Waals surface area contributed by atoms with Crippen molar-refractivity contribution in [3.05, 3.63) is 45.2 Å². The number of ketones is 1. The smallest absolute Gasteiger partial charge is 0.265 e. The summed E-state index contributed by atoms with van der Waals surface area (Å²) in [4.78, 5) is 23.4. The SMILES string of the molecule is COCCOc1n[nH]c(=O)cc1-c1cc(Cl)ccc1C(C)=O. The Morgan fingerprint density at radius 2 is 2.05 bits per heavy atom. The predicted octanol–water partition coefficient (Wildman–Crippen LogP) is 2.32. The zero-order valence-electron chi connectivity index (χ0n) is 12.2. The molecule has 0 saturated heterocycles. The molecule has 1 heterocycles. The van der Waals surface area contributed by atoms with Crippen LogP contribution >= 0.6 is 11.6 Å². The van der Waals surface area contributed by atoms with Crippen LogP contribution in [0.15, 0.2) is 29.1 Å². The van der Waals surface area contributed by atoms with Gasteiger partial charge < -0.3 is 9.47 Å². The van der Waals surface area contributed by atoms with Gasteiger partial charge in [-0.25, -0.2) is 5.10 Å². The van der Waals surface area contributed by atoms with Crippen molar-refractivity contribution in [3.8, 4) is 17.0 Å². The first-order valence-corrected chi connectivity index (χ1v) is 6.93. The molecule has 0 aliphatic heterocycles. The Labute approximate surface area is 132 Å². The van der Waals surface area contributed by atoms with Crippen molar-refractivity contribution in [2.24, 2.45) is 0 Å². The lowest BCUT2D eigenvalue weighted by molar-refractivity contribution is 0.101. The summed E-state index contributed by atoms with van der Waals surface area (Å²) in [5, 5.41) is 6.65. The summed E-state index contributed by atoms with van der Waals surface area (Å²) in [6.07, 6.45) is 0. The monoisotopic (exact) mass is 322 g/mol. The van der Waals surface area contributed by atoms with Gasteiger partial charge in [0, 0.05) is 23.8 Å². The number of halogens is 1. The van der Waals surface area contributed by atoms with Gasteiger partial charge in [-0.15, -0.1) is 5.10 Å². The molecule has 7 heteroatoms. The highest BCUT2D eigenvalue weighted by Crippen LogP contribution is 2.31. The normalized spacial score (nSPS) is 10.5. The van der Waals surface area contributed by atoms with E-state index in [1.807, 2.05) is 0 Å². The third kappa shape index (κ3) is 3.72. The van der Waals surface area contributed by atoms with Crippen LogP contribution in [0, 0.1) is 0 Å². The number of hydrogen-bond donors (Lipinski definition) is 1. The summed E-state index contributed by atoms with van der Waals surface area (Å²) in [5.74, 6) is 0.0659. The number of nitrogens with one attached hydrogen (secondary N) is 1. The van der Waals surface area contributed by atoms with E-state index < -0.39 is 5.56 Å². The van der Waals surface area contributed by atoms with Gasteiger partial charge >= 0.3 is 0 Å². The minimum absolute atomic E-state index is 0.144. The van der Waals surface area contributed by atoms with Crippen LogP contribution in [-0.4, -0.2) is 36.3 Å². The summed E-state index contributed by atoms with van der Waals surface area (Å²) < 4.78 is 10.4. The van der Waals surface area contributed by atoms with Gasteiger partial charge in [-0.3, -0.25) is 9.59 Å². The average Bonchev–Trinajstić information content (AvgIpc) is 2.48. The molecule has 0 spiro atoms. The third-order valence-electron chi connectivity index (χ3n) is 2.95. The molecule has 2 aromatic rings. The van der Waals surface area contributed by atoms with E-state index in [9.17, 15) is 9.59 Å². The predicted molar refractivity (Wildman–Crippen MR) is 82.7 cm³/mol. The van der Waals surface area contributed by atoms with Gasteiger partial charge in [0.1, 0.15) is 6.61 Å². The van der Waals surface area contributed by atoms with Gasteiger partial charge in [0.2, 0.25) is 5.88 Å². The van der Waals surface area contributed by atoms with Crippen molar-refractivity contribution in [1.29, 1.82) is 0 Å². The molecule has 0 atom stereocenters. The first-order valence-electron chi connectivity index (χ1n) is 6.55. The Bertz CT molecular complexity index is 743. The van der Waals surface area contributed by atoms with Crippen LogP contribution in [0.2, 0.25) is 5.02 Å². The highest BCUT2D eigenvalue weighted by molar-refractivity contribution is 6.31. The maximum Gasteiger partial charge on any atom is 0.265 e. The maximum absolute atomic E-state index is 11.8. The van der Waals surface area contributed by atoms with Crippen molar-refractivity contribution in [3.63, 3.8) is 0 Å². The average molecular weight is 323 g/mol. The molecule has 0 saturated carbocycles. The van der Waals surface area contributed by atoms with Gasteiger partial charge in [-0.05, 0) is 30.7 Å². The van der Waals surface area contributed by atoms with Crippen molar-refractivity contribution < 1.29 is 14.3 Å². The lowest BCUT2D eigenvalue weighted by atomic mass is 9.98. The lowest BCUT2D eigenvalue weighted by Crippen LogP contribution is -2.13. The van der Waals surface area contributed by atoms with E-state index >= 15 is 0 Å². The molecule has 22 heavy (non-hydrogen) atoms. The standard InChI is InChI=1S/C15H15ClN2O4/c1-9(19)11-4-3-10(16)7-12(11)13-8-14(20)17-18-15(13)22-6-5-21-2/h3-4,7-8H,5-6H2,1-2H3,(H,17,20). The number of H-pyrrole nitrogens is 1. The van der Waals surface area contributed by atoms with E-state index in [1.165, 1.54) is 13.0 Å². The molecule has 2 rings (SSSR count). The lowest BCUT2D eigenvalue weighted by Gasteiger charge is -2.12. The van der Waals surface area contributed by atoms with E-state index in [0.717, 1.165) is 0 Å². The van der Waals surface area contributed by atoms with Crippen LogP contribution in [0.1, 0.15) is 17.3 Å². The van der Waals surface area contributed by atoms with Crippen LogP contribution in [0.3, 0.4) is 0 Å². The van der Waals surface area contributed by atoms with E-state index in [-0.39, 0.29) is 18.3 Å². The van der Waals surface area contributed by atoms with Gasteiger partial charge in [-0.2, -0.15) is 0 Å². The number of carbonyl (C=O) groups excluding carboxylic acids is 1.